The number of nitrogen functional groups attached to an aromatic ring is 1. The van der Waals surface area contributed by atoms with Crippen LogP contribution in [0.15, 0.2) is 18.2 Å². The number of para-hydroxylation sites is 1. The molecule has 6 heteroatoms. The van der Waals surface area contributed by atoms with Gasteiger partial charge in [-0.3, -0.25) is 0 Å². The first-order valence-corrected chi connectivity index (χ1v) is 6.62. The third-order valence-corrected chi connectivity index (χ3v) is 3.38. The number of halogens is 2. The van der Waals surface area contributed by atoms with Crippen molar-refractivity contribution in [3.05, 3.63) is 39.6 Å². The van der Waals surface area contributed by atoms with Crippen molar-refractivity contribution in [1.82, 2.24) is 9.97 Å². The van der Waals surface area contributed by atoms with Gasteiger partial charge in [-0.15, -0.1) is 0 Å². The van der Waals surface area contributed by atoms with E-state index in [0.717, 1.165) is 5.56 Å². The van der Waals surface area contributed by atoms with Gasteiger partial charge in [0.1, 0.15) is 17.5 Å². The molecule has 0 radical (unpaired) electrons. The van der Waals surface area contributed by atoms with Crippen molar-refractivity contribution in [2.75, 3.05) is 11.1 Å². The lowest BCUT2D eigenvalue weighted by Gasteiger charge is -2.13. The summed E-state index contributed by atoms with van der Waals surface area (Å²) in [5.74, 6) is 1.76. The highest BCUT2D eigenvalue weighted by Gasteiger charge is 2.11. The Morgan fingerprint density at radius 3 is 2.42 bits per heavy atom. The number of aryl methyl sites for hydroxylation is 1. The first kappa shape index (κ1) is 13.9. The van der Waals surface area contributed by atoms with E-state index in [2.05, 4.69) is 15.3 Å². The van der Waals surface area contributed by atoms with Crippen LogP contribution in [0.4, 0.5) is 17.3 Å². The van der Waals surface area contributed by atoms with Crippen molar-refractivity contribution < 1.29 is 0 Å². The summed E-state index contributed by atoms with van der Waals surface area (Å²) in [4.78, 5) is 8.61. The predicted molar refractivity (Wildman–Crippen MR) is 80.3 cm³/mol. The molecule has 2 aromatic rings. The molecule has 0 atom stereocenters. The van der Waals surface area contributed by atoms with Crippen molar-refractivity contribution >= 4 is 40.5 Å². The fourth-order valence-corrected chi connectivity index (χ4v) is 2.09. The number of aromatic nitrogens is 2. The number of nitrogens with two attached hydrogens (primary N) is 1. The van der Waals surface area contributed by atoms with E-state index in [9.17, 15) is 0 Å². The minimum Gasteiger partial charge on any atom is -0.383 e. The lowest BCUT2D eigenvalue weighted by Crippen LogP contribution is -2.07. The maximum Gasteiger partial charge on any atom is 0.139 e. The average Bonchev–Trinajstić information content (AvgIpc) is 2.38. The molecule has 0 bridgehead atoms. The van der Waals surface area contributed by atoms with Gasteiger partial charge in [-0.1, -0.05) is 36.2 Å². The maximum absolute atomic E-state index is 6.12. The Kier molecular flexibility index (Phi) is 4.12. The molecule has 0 aliphatic carbocycles. The Balaban J connectivity index is 2.46. The van der Waals surface area contributed by atoms with Gasteiger partial charge in [-0.2, -0.15) is 0 Å². The predicted octanol–water partition coefficient (Wildman–Crippen LogP) is 3.98. The Morgan fingerprint density at radius 2 is 1.84 bits per heavy atom. The van der Waals surface area contributed by atoms with Crippen LogP contribution in [0, 0.1) is 6.92 Å². The second-order valence-corrected chi connectivity index (χ2v) is 4.89. The Morgan fingerprint density at radius 1 is 1.21 bits per heavy atom. The number of rotatable bonds is 3. The Bertz CT molecular complexity index is 594. The van der Waals surface area contributed by atoms with Gasteiger partial charge in [0.2, 0.25) is 0 Å². The van der Waals surface area contributed by atoms with Crippen molar-refractivity contribution in [2.45, 2.75) is 20.3 Å². The van der Waals surface area contributed by atoms with Crippen LogP contribution in [0.3, 0.4) is 0 Å². The molecule has 2 rings (SSSR count). The van der Waals surface area contributed by atoms with Crippen molar-refractivity contribution in [2.24, 2.45) is 0 Å². The monoisotopic (exact) mass is 296 g/mol. The number of nitrogens with one attached hydrogen (secondary N) is 1. The molecule has 0 aliphatic rings. The standard InChI is InChI=1S/C13H14Cl2N4/c1-3-10-17-12(16)7(2)13(18-10)19-11-8(14)5-4-6-9(11)15/h4-6H,3H2,1-2H3,(H3,16,17,18,19). The largest absolute Gasteiger partial charge is 0.383 e. The van der Waals surface area contributed by atoms with Gasteiger partial charge in [0, 0.05) is 12.0 Å². The van der Waals surface area contributed by atoms with E-state index >= 15 is 0 Å². The highest BCUT2D eigenvalue weighted by molar-refractivity contribution is 6.39. The molecule has 0 spiro atoms. The molecule has 0 aliphatic heterocycles. The Hall–Kier alpha value is -1.52. The molecular weight excluding hydrogens is 283 g/mol. The fraction of sp³-hybridized carbons (Fsp3) is 0.231. The van der Waals surface area contributed by atoms with Crippen molar-refractivity contribution in [3.8, 4) is 0 Å². The lowest BCUT2D eigenvalue weighted by atomic mass is 10.2. The SMILES string of the molecule is CCc1nc(N)c(C)c(Nc2c(Cl)cccc2Cl)n1. The second-order valence-electron chi connectivity index (χ2n) is 4.07. The first-order chi connectivity index (χ1) is 9.02. The van der Waals surface area contributed by atoms with Gasteiger partial charge in [-0.25, -0.2) is 9.97 Å². The summed E-state index contributed by atoms with van der Waals surface area (Å²) in [5.41, 5.74) is 7.26. The highest BCUT2D eigenvalue weighted by Crippen LogP contribution is 2.33. The molecule has 0 fully saturated rings. The molecule has 0 unspecified atom stereocenters. The summed E-state index contributed by atoms with van der Waals surface area (Å²) < 4.78 is 0. The van der Waals surface area contributed by atoms with E-state index in [0.29, 0.717) is 39.6 Å². The summed E-state index contributed by atoms with van der Waals surface area (Å²) in [7, 11) is 0. The third-order valence-electron chi connectivity index (χ3n) is 2.75. The van der Waals surface area contributed by atoms with E-state index in [1.807, 2.05) is 13.8 Å². The van der Waals surface area contributed by atoms with Gasteiger partial charge >= 0.3 is 0 Å². The zero-order valence-electron chi connectivity index (χ0n) is 10.7. The normalized spacial score (nSPS) is 10.5. The minimum absolute atomic E-state index is 0.456. The number of anilines is 3. The minimum atomic E-state index is 0.456. The zero-order chi connectivity index (χ0) is 14.0. The molecule has 4 nitrogen and oxygen atoms in total. The molecule has 1 aromatic heterocycles. The Labute approximate surface area is 122 Å². The van der Waals surface area contributed by atoms with E-state index in [4.69, 9.17) is 28.9 Å². The summed E-state index contributed by atoms with van der Waals surface area (Å²) in [6.45, 7) is 3.82. The zero-order valence-corrected chi connectivity index (χ0v) is 12.2. The van der Waals surface area contributed by atoms with E-state index in [-0.39, 0.29) is 0 Å². The summed E-state index contributed by atoms with van der Waals surface area (Å²) in [6, 6.07) is 5.31. The maximum atomic E-state index is 6.12. The first-order valence-electron chi connectivity index (χ1n) is 5.87. The smallest absolute Gasteiger partial charge is 0.139 e. The topological polar surface area (TPSA) is 63.8 Å². The van der Waals surface area contributed by atoms with Gasteiger partial charge in [0.25, 0.3) is 0 Å². The van der Waals surface area contributed by atoms with Crippen molar-refractivity contribution in [1.29, 1.82) is 0 Å². The van der Waals surface area contributed by atoms with Crippen LogP contribution < -0.4 is 11.1 Å². The van der Waals surface area contributed by atoms with Crippen LogP contribution in [0.25, 0.3) is 0 Å². The second kappa shape index (κ2) is 5.63. The average molecular weight is 297 g/mol. The fourth-order valence-electron chi connectivity index (χ4n) is 1.60. The third kappa shape index (κ3) is 2.91. The van der Waals surface area contributed by atoms with E-state index in [1.54, 1.807) is 18.2 Å². The van der Waals surface area contributed by atoms with E-state index < -0.39 is 0 Å². The number of hydrogen-bond acceptors (Lipinski definition) is 4. The van der Waals surface area contributed by atoms with Gasteiger partial charge in [0.05, 0.1) is 15.7 Å². The lowest BCUT2D eigenvalue weighted by molar-refractivity contribution is 0.940. The summed E-state index contributed by atoms with van der Waals surface area (Å²) in [6.07, 6.45) is 0.704. The van der Waals surface area contributed by atoms with Crippen molar-refractivity contribution in [3.63, 3.8) is 0 Å². The summed E-state index contributed by atoms with van der Waals surface area (Å²) in [5, 5.41) is 4.19. The van der Waals surface area contributed by atoms with Crippen LogP contribution in [0.2, 0.25) is 10.0 Å². The van der Waals surface area contributed by atoms with Crippen LogP contribution in [0.5, 0.6) is 0 Å². The van der Waals surface area contributed by atoms with Gasteiger partial charge in [-0.05, 0) is 19.1 Å². The quantitative estimate of drug-likeness (QED) is 0.899. The number of hydrogen-bond donors (Lipinski definition) is 2. The molecule has 0 amide bonds. The highest BCUT2D eigenvalue weighted by atomic mass is 35.5. The molecule has 1 heterocycles. The molecule has 0 saturated heterocycles. The molecular formula is C13H14Cl2N4. The molecule has 0 saturated carbocycles. The van der Waals surface area contributed by atoms with E-state index in [1.165, 1.54) is 0 Å². The number of nitrogens with zero attached hydrogens (tertiary/aromatic N) is 2. The summed E-state index contributed by atoms with van der Waals surface area (Å²) >= 11 is 12.2. The molecule has 3 N–H and O–H groups in total. The van der Waals surface area contributed by atoms with Gasteiger partial charge < -0.3 is 11.1 Å². The van der Waals surface area contributed by atoms with Crippen LogP contribution in [-0.4, -0.2) is 9.97 Å². The molecule has 1 aromatic carbocycles. The van der Waals surface area contributed by atoms with Gasteiger partial charge in [0.15, 0.2) is 0 Å². The number of benzene rings is 1. The van der Waals surface area contributed by atoms with Crippen LogP contribution >= 0.6 is 23.2 Å². The van der Waals surface area contributed by atoms with Crippen LogP contribution in [0.1, 0.15) is 18.3 Å². The molecule has 19 heavy (non-hydrogen) atoms. The molecule has 100 valence electrons. The van der Waals surface area contributed by atoms with Crippen LogP contribution in [-0.2, 0) is 6.42 Å².